The predicted octanol–water partition coefficient (Wildman–Crippen LogP) is 3.27. The zero-order valence-electron chi connectivity index (χ0n) is 14.5. The molecule has 0 aliphatic carbocycles. The van der Waals surface area contributed by atoms with Crippen LogP contribution in [-0.4, -0.2) is 30.2 Å². The maximum atomic E-state index is 5.89. The van der Waals surface area contributed by atoms with E-state index in [1.807, 2.05) is 43.5 Å². The average molecular weight is 335 g/mol. The van der Waals surface area contributed by atoms with Gasteiger partial charge in [-0.3, -0.25) is 4.98 Å². The minimum Gasteiger partial charge on any atom is -0.493 e. The first kappa shape index (κ1) is 15.8. The van der Waals surface area contributed by atoms with Crippen LogP contribution < -0.4 is 14.8 Å². The van der Waals surface area contributed by atoms with E-state index in [4.69, 9.17) is 14.5 Å². The molecule has 1 atom stereocenters. The largest absolute Gasteiger partial charge is 0.493 e. The number of rotatable bonds is 4. The molecule has 4 rings (SSSR count). The van der Waals surface area contributed by atoms with Gasteiger partial charge in [0.25, 0.3) is 0 Å². The second-order valence-corrected chi connectivity index (χ2v) is 6.02. The van der Waals surface area contributed by atoms with Crippen LogP contribution in [0.25, 0.3) is 11.0 Å². The van der Waals surface area contributed by atoms with E-state index in [1.165, 1.54) is 11.1 Å². The van der Waals surface area contributed by atoms with Crippen molar-refractivity contribution in [3.63, 3.8) is 0 Å². The molecule has 5 nitrogen and oxygen atoms in total. The summed E-state index contributed by atoms with van der Waals surface area (Å²) in [6.45, 7) is 3.46. The summed E-state index contributed by atoms with van der Waals surface area (Å²) in [6.07, 6.45) is 2.76. The van der Waals surface area contributed by atoms with Gasteiger partial charge in [-0.25, -0.2) is 4.98 Å². The molecule has 0 radical (unpaired) electrons. The van der Waals surface area contributed by atoms with Crippen molar-refractivity contribution in [2.75, 3.05) is 20.3 Å². The third-order valence-electron chi connectivity index (χ3n) is 4.57. The maximum Gasteiger partial charge on any atom is 0.164 e. The van der Waals surface area contributed by atoms with Gasteiger partial charge >= 0.3 is 0 Å². The highest BCUT2D eigenvalue weighted by Crippen LogP contribution is 2.39. The molecule has 2 aromatic carbocycles. The Balaban J connectivity index is 1.81. The van der Waals surface area contributed by atoms with E-state index >= 15 is 0 Å². The number of nitrogens with one attached hydrogen (secondary N) is 1. The molecule has 0 amide bonds. The van der Waals surface area contributed by atoms with Crippen molar-refractivity contribution in [2.45, 2.75) is 19.4 Å². The number of methoxy groups -OCH3 is 1. The number of fused-ring (bicyclic) bond motifs is 2. The third-order valence-corrected chi connectivity index (χ3v) is 4.57. The zero-order chi connectivity index (χ0) is 17.2. The lowest BCUT2D eigenvalue weighted by molar-refractivity contribution is 0.305. The molecule has 25 heavy (non-hydrogen) atoms. The summed E-state index contributed by atoms with van der Waals surface area (Å²) in [6, 6.07) is 12.0. The summed E-state index contributed by atoms with van der Waals surface area (Å²) in [4.78, 5) is 9.38. The lowest BCUT2D eigenvalue weighted by Crippen LogP contribution is -2.31. The van der Waals surface area contributed by atoms with Crippen LogP contribution in [0, 0.1) is 0 Å². The Morgan fingerprint density at radius 2 is 2.00 bits per heavy atom. The van der Waals surface area contributed by atoms with Gasteiger partial charge in [-0.2, -0.15) is 0 Å². The molecule has 0 fully saturated rings. The topological polar surface area (TPSA) is 56.3 Å². The molecule has 1 aromatic heterocycles. The molecule has 3 aromatic rings. The van der Waals surface area contributed by atoms with Crippen LogP contribution in [0.3, 0.4) is 0 Å². The Morgan fingerprint density at radius 1 is 1.16 bits per heavy atom. The van der Waals surface area contributed by atoms with Crippen molar-refractivity contribution < 1.29 is 9.47 Å². The van der Waals surface area contributed by atoms with Gasteiger partial charge in [-0.15, -0.1) is 0 Å². The highest BCUT2D eigenvalue weighted by molar-refractivity contribution is 5.73. The van der Waals surface area contributed by atoms with E-state index < -0.39 is 0 Å². The normalized spacial score (nSPS) is 16.5. The van der Waals surface area contributed by atoms with E-state index in [0.29, 0.717) is 6.61 Å². The van der Waals surface area contributed by atoms with Crippen molar-refractivity contribution >= 4 is 11.0 Å². The molecule has 1 aliphatic rings. The van der Waals surface area contributed by atoms with Gasteiger partial charge < -0.3 is 14.8 Å². The highest BCUT2D eigenvalue weighted by Gasteiger charge is 2.27. The van der Waals surface area contributed by atoms with Gasteiger partial charge in [0.05, 0.1) is 42.7 Å². The number of hydrogen-bond acceptors (Lipinski definition) is 5. The van der Waals surface area contributed by atoms with Crippen molar-refractivity contribution in [3.8, 4) is 11.5 Å². The Hall–Kier alpha value is -2.66. The first-order valence-electron chi connectivity index (χ1n) is 8.59. The highest BCUT2D eigenvalue weighted by atomic mass is 16.5. The quantitative estimate of drug-likeness (QED) is 0.793. The summed E-state index contributed by atoms with van der Waals surface area (Å²) in [5, 5.41) is 3.56. The van der Waals surface area contributed by atoms with E-state index in [2.05, 4.69) is 16.4 Å². The molecule has 2 heterocycles. The van der Waals surface area contributed by atoms with Gasteiger partial charge in [-0.05, 0) is 37.1 Å². The van der Waals surface area contributed by atoms with Crippen LogP contribution in [0.2, 0.25) is 0 Å². The van der Waals surface area contributed by atoms with Crippen molar-refractivity contribution in [3.05, 3.63) is 59.4 Å². The summed E-state index contributed by atoms with van der Waals surface area (Å²) in [5.74, 6) is 1.63. The summed E-state index contributed by atoms with van der Waals surface area (Å²) in [7, 11) is 1.68. The Bertz CT molecular complexity index is 911. The van der Waals surface area contributed by atoms with Crippen LogP contribution in [0.1, 0.15) is 29.8 Å². The number of ether oxygens (including phenoxy) is 2. The molecule has 0 bridgehead atoms. The van der Waals surface area contributed by atoms with Crippen molar-refractivity contribution in [1.29, 1.82) is 0 Å². The summed E-state index contributed by atoms with van der Waals surface area (Å²) in [5.41, 5.74) is 5.12. The molecule has 1 unspecified atom stereocenters. The SMILES string of the molecule is CCOc1c(OC)ccc2c1CCNC2c1cnc2ccccc2n1. The van der Waals surface area contributed by atoms with Crippen LogP contribution in [0.5, 0.6) is 11.5 Å². The van der Waals surface area contributed by atoms with Gasteiger partial charge in [0.2, 0.25) is 0 Å². The van der Waals surface area contributed by atoms with Crippen LogP contribution >= 0.6 is 0 Å². The first-order chi connectivity index (χ1) is 12.3. The zero-order valence-corrected chi connectivity index (χ0v) is 14.5. The van der Waals surface area contributed by atoms with Crippen LogP contribution in [0.4, 0.5) is 0 Å². The number of aromatic nitrogens is 2. The maximum absolute atomic E-state index is 5.89. The fourth-order valence-corrected chi connectivity index (χ4v) is 3.44. The Labute approximate surface area is 147 Å². The van der Waals surface area contributed by atoms with Gasteiger partial charge in [0.1, 0.15) is 0 Å². The standard InChI is InChI=1S/C20H21N3O2/c1-3-25-20-14-10-11-21-19(13(14)8-9-18(20)24-2)17-12-22-15-6-4-5-7-16(15)23-17/h4-9,12,19,21H,3,10-11H2,1-2H3. The first-order valence-corrected chi connectivity index (χ1v) is 8.59. The van der Waals surface area contributed by atoms with E-state index in [0.717, 1.165) is 41.2 Å². The van der Waals surface area contributed by atoms with Crippen molar-refractivity contribution in [2.24, 2.45) is 0 Å². The molecule has 0 saturated heterocycles. The van der Waals surface area contributed by atoms with Gasteiger partial charge in [0.15, 0.2) is 11.5 Å². The molecule has 1 N–H and O–H groups in total. The lowest BCUT2D eigenvalue weighted by Gasteiger charge is -2.28. The monoisotopic (exact) mass is 335 g/mol. The smallest absolute Gasteiger partial charge is 0.164 e. The second kappa shape index (κ2) is 6.69. The second-order valence-electron chi connectivity index (χ2n) is 6.02. The van der Waals surface area contributed by atoms with E-state index in [-0.39, 0.29) is 6.04 Å². The molecule has 128 valence electrons. The molecule has 0 spiro atoms. The number of hydrogen-bond donors (Lipinski definition) is 1. The summed E-state index contributed by atoms with van der Waals surface area (Å²) < 4.78 is 11.4. The van der Waals surface area contributed by atoms with Gasteiger partial charge in [-0.1, -0.05) is 18.2 Å². The molecular weight excluding hydrogens is 314 g/mol. The predicted molar refractivity (Wildman–Crippen MR) is 97.3 cm³/mol. The molecule has 1 aliphatic heterocycles. The van der Waals surface area contributed by atoms with E-state index in [9.17, 15) is 0 Å². The number of para-hydroxylation sites is 2. The van der Waals surface area contributed by atoms with Gasteiger partial charge in [0, 0.05) is 12.1 Å². The molecular formula is C20H21N3O2. The molecule has 0 saturated carbocycles. The van der Waals surface area contributed by atoms with Crippen LogP contribution in [0.15, 0.2) is 42.6 Å². The average Bonchev–Trinajstić information content (AvgIpc) is 2.67. The fraction of sp³-hybridized carbons (Fsp3) is 0.300. The Morgan fingerprint density at radius 3 is 2.80 bits per heavy atom. The minimum atomic E-state index is 0.00553. The molecule has 5 heteroatoms. The Kier molecular flexibility index (Phi) is 4.24. The fourth-order valence-electron chi connectivity index (χ4n) is 3.44. The number of nitrogens with zero attached hydrogens (tertiary/aromatic N) is 2. The van der Waals surface area contributed by atoms with E-state index in [1.54, 1.807) is 7.11 Å². The number of benzene rings is 2. The summed E-state index contributed by atoms with van der Waals surface area (Å²) >= 11 is 0. The van der Waals surface area contributed by atoms with Crippen molar-refractivity contribution in [1.82, 2.24) is 15.3 Å². The minimum absolute atomic E-state index is 0.00553. The lowest BCUT2D eigenvalue weighted by atomic mass is 9.91. The van der Waals surface area contributed by atoms with Crippen LogP contribution in [-0.2, 0) is 6.42 Å². The third kappa shape index (κ3) is 2.81.